The number of halogens is 1. The summed E-state index contributed by atoms with van der Waals surface area (Å²) in [6, 6.07) is 14.2. The van der Waals surface area contributed by atoms with Crippen molar-refractivity contribution < 1.29 is 9.59 Å². The summed E-state index contributed by atoms with van der Waals surface area (Å²) < 4.78 is 0. The first-order valence-corrected chi connectivity index (χ1v) is 7.93. The summed E-state index contributed by atoms with van der Waals surface area (Å²) in [5.74, 6) is -0.500. The van der Waals surface area contributed by atoms with Crippen LogP contribution in [-0.4, -0.2) is 17.2 Å². The van der Waals surface area contributed by atoms with Gasteiger partial charge in [0.05, 0.1) is 16.1 Å². The summed E-state index contributed by atoms with van der Waals surface area (Å²) in [5.41, 5.74) is 1.08. The van der Waals surface area contributed by atoms with E-state index < -0.39 is 5.54 Å². The molecule has 0 atom stereocenters. The normalized spacial score (nSPS) is 11.1. The number of rotatable bonds is 5. The highest BCUT2D eigenvalue weighted by Gasteiger charge is 2.31. The quantitative estimate of drug-likeness (QED) is 0.831. The van der Waals surface area contributed by atoms with E-state index in [1.807, 2.05) is 12.1 Å². The largest absolute Gasteiger partial charge is 0.340 e. The van der Waals surface area contributed by atoms with Crippen molar-refractivity contribution in [1.82, 2.24) is 5.32 Å². The lowest BCUT2D eigenvalue weighted by Crippen LogP contribution is -2.49. The van der Waals surface area contributed by atoms with Crippen molar-refractivity contribution in [2.24, 2.45) is 0 Å². The molecule has 0 radical (unpaired) electrons. The second-order valence-corrected chi connectivity index (χ2v) is 6.35. The zero-order valence-corrected chi connectivity index (χ0v) is 14.3. The monoisotopic (exact) mass is 329 g/mol. The molecule has 2 aromatic rings. The molecule has 0 heterocycles. The minimum absolute atomic E-state index is 0.138. The van der Waals surface area contributed by atoms with E-state index in [1.54, 1.807) is 50.2 Å². The number of nitrogens with one attached hydrogen (secondary N) is 1. The SMILES string of the molecule is CCc1ccc(C(=O)C(C)(C)NC(=O)c2ccccc2Cl)cc1. The van der Waals surface area contributed by atoms with Gasteiger partial charge in [0.15, 0.2) is 5.78 Å². The number of hydrogen-bond donors (Lipinski definition) is 1. The zero-order chi connectivity index (χ0) is 17.0. The third kappa shape index (κ3) is 3.99. The third-order valence-electron chi connectivity index (χ3n) is 3.74. The molecule has 2 aromatic carbocycles. The van der Waals surface area contributed by atoms with E-state index in [2.05, 4.69) is 12.2 Å². The first-order chi connectivity index (χ1) is 10.8. The Kier molecular flexibility index (Phi) is 5.22. The van der Waals surface area contributed by atoms with Crippen LogP contribution in [0.3, 0.4) is 0 Å². The van der Waals surface area contributed by atoms with Gasteiger partial charge in [-0.25, -0.2) is 0 Å². The molecule has 0 bridgehead atoms. The molecule has 0 spiro atoms. The zero-order valence-electron chi connectivity index (χ0n) is 13.5. The maximum absolute atomic E-state index is 12.7. The Balaban J connectivity index is 2.18. The average Bonchev–Trinajstić information content (AvgIpc) is 2.54. The van der Waals surface area contributed by atoms with Gasteiger partial charge in [0, 0.05) is 5.56 Å². The topological polar surface area (TPSA) is 46.2 Å². The smallest absolute Gasteiger partial charge is 0.253 e. The lowest BCUT2D eigenvalue weighted by atomic mass is 9.92. The Bertz CT molecular complexity index is 720. The molecule has 0 aliphatic carbocycles. The molecular formula is C19H20ClNO2. The molecule has 4 heteroatoms. The van der Waals surface area contributed by atoms with Gasteiger partial charge < -0.3 is 5.32 Å². The van der Waals surface area contributed by atoms with E-state index in [0.717, 1.165) is 6.42 Å². The van der Waals surface area contributed by atoms with E-state index >= 15 is 0 Å². The molecule has 0 saturated heterocycles. The highest BCUT2D eigenvalue weighted by atomic mass is 35.5. The summed E-state index contributed by atoms with van der Waals surface area (Å²) in [7, 11) is 0. The number of carbonyl (C=O) groups is 2. The summed E-state index contributed by atoms with van der Waals surface area (Å²) >= 11 is 6.03. The van der Waals surface area contributed by atoms with Crippen LogP contribution in [0, 0.1) is 0 Å². The second-order valence-electron chi connectivity index (χ2n) is 5.94. The van der Waals surface area contributed by atoms with Crippen LogP contribution in [-0.2, 0) is 6.42 Å². The van der Waals surface area contributed by atoms with E-state index in [0.29, 0.717) is 16.1 Å². The van der Waals surface area contributed by atoms with Gasteiger partial charge in [-0.2, -0.15) is 0 Å². The molecule has 2 rings (SSSR count). The van der Waals surface area contributed by atoms with E-state index in [4.69, 9.17) is 11.6 Å². The van der Waals surface area contributed by atoms with Crippen molar-refractivity contribution in [1.29, 1.82) is 0 Å². The second kappa shape index (κ2) is 6.97. The first kappa shape index (κ1) is 17.2. The van der Waals surface area contributed by atoms with E-state index in [1.165, 1.54) is 5.56 Å². The Hall–Kier alpha value is -2.13. The fourth-order valence-electron chi connectivity index (χ4n) is 2.31. The van der Waals surface area contributed by atoms with Crippen LogP contribution >= 0.6 is 11.6 Å². The van der Waals surface area contributed by atoms with Crippen LogP contribution in [0.4, 0.5) is 0 Å². The Morgan fingerprint density at radius 3 is 2.22 bits per heavy atom. The fourth-order valence-corrected chi connectivity index (χ4v) is 2.53. The van der Waals surface area contributed by atoms with Gasteiger partial charge in [-0.3, -0.25) is 9.59 Å². The van der Waals surface area contributed by atoms with E-state index in [9.17, 15) is 9.59 Å². The van der Waals surface area contributed by atoms with Crippen molar-refractivity contribution in [2.45, 2.75) is 32.7 Å². The highest BCUT2D eigenvalue weighted by molar-refractivity contribution is 6.33. The minimum atomic E-state index is -1.02. The molecule has 0 aliphatic rings. The summed E-state index contributed by atoms with van der Waals surface area (Å²) in [6.45, 7) is 5.44. The van der Waals surface area contributed by atoms with Gasteiger partial charge in [-0.15, -0.1) is 0 Å². The Morgan fingerprint density at radius 1 is 1.04 bits per heavy atom. The summed E-state index contributed by atoms with van der Waals surface area (Å²) in [5, 5.41) is 3.13. The number of aryl methyl sites for hydroxylation is 1. The van der Waals surface area contributed by atoms with Crippen molar-refractivity contribution >= 4 is 23.3 Å². The molecule has 3 nitrogen and oxygen atoms in total. The Labute approximate surface area is 141 Å². The van der Waals surface area contributed by atoms with Crippen LogP contribution in [0.25, 0.3) is 0 Å². The summed E-state index contributed by atoms with van der Waals surface area (Å²) in [4.78, 5) is 25.0. The van der Waals surface area contributed by atoms with Gasteiger partial charge in [-0.05, 0) is 38.0 Å². The number of hydrogen-bond acceptors (Lipinski definition) is 2. The van der Waals surface area contributed by atoms with Crippen LogP contribution in [0.1, 0.15) is 47.1 Å². The third-order valence-corrected chi connectivity index (χ3v) is 4.07. The minimum Gasteiger partial charge on any atom is -0.340 e. The van der Waals surface area contributed by atoms with Crippen molar-refractivity contribution in [2.75, 3.05) is 0 Å². The van der Waals surface area contributed by atoms with Gasteiger partial charge >= 0.3 is 0 Å². The molecule has 0 aromatic heterocycles. The number of carbonyl (C=O) groups excluding carboxylic acids is 2. The molecule has 120 valence electrons. The first-order valence-electron chi connectivity index (χ1n) is 7.56. The van der Waals surface area contributed by atoms with Crippen LogP contribution in [0.5, 0.6) is 0 Å². The lowest BCUT2D eigenvalue weighted by Gasteiger charge is -2.25. The van der Waals surface area contributed by atoms with Gasteiger partial charge in [0.1, 0.15) is 0 Å². The maximum atomic E-state index is 12.7. The molecule has 0 unspecified atom stereocenters. The van der Waals surface area contributed by atoms with Crippen molar-refractivity contribution in [3.8, 4) is 0 Å². The highest BCUT2D eigenvalue weighted by Crippen LogP contribution is 2.18. The average molecular weight is 330 g/mol. The maximum Gasteiger partial charge on any atom is 0.253 e. The molecular weight excluding hydrogens is 310 g/mol. The Morgan fingerprint density at radius 2 is 1.65 bits per heavy atom. The fraction of sp³-hybridized carbons (Fsp3) is 0.263. The van der Waals surface area contributed by atoms with Gasteiger partial charge in [0.2, 0.25) is 0 Å². The predicted octanol–water partition coefficient (Wildman–Crippen LogP) is 4.29. The molecule has 1 amide bonds. The standard InChI is InChI=1S/C19H20ClNO2/c1-4-13-9-11-14(12-10-13)17(22)19(2,3)21-18(23)15-7-5-6-8-16(15)20/h5-12H,4H2,1-3H3,(H,21,23). The van der Waals surface area contributed by atoms with E-state index in [-0.39, 0.29) is 11.7 Å². The number of amides is 1. The van der Waals surface area contributed by atoms with Crippen molar-refractivity contribution in [3.05, 3.63) is 70.2 Å². The molecule has 23 heavy (non-hydrogen) atoms. The van der Waals surface area contributed by atoms with Crippen molar-refractivity contribution in [3.63, 3.8) is 0 Å². The molecule has 1 N–H and O–H groups in total. The molecule has 0 saturated carbocycles. The molecule has 0 fully saturated rings. The van der Waals surface area contributed by atoms with Crippen LogP contribution in [0.15, 0.2) is 48.5 Å². The number of ketones is 1. The van der Waals surface area contributed by atoms with Crippen LogP contribution in [0.2, 0.25) is 5.02 Å². The van der Waals surface area contributed by atoms with Gasteiger partial charge in [0.25, 0.3) is 5.91 Å². The summed E-state index contributed by atoms with van der Waals surface area (Å²) in [6.07, 6.45) is 0.918. The lowest BCUT2D eigenvalue weighted by molar-refractivity contribution is 0.0798. The number of benzene rings is 2. The van der Waals surface area contributed by atoms with Crippen LogP contribution < -0.4 is 5.32 Å². The van der Waals surface area contributed by atoms with Gasteiger partial charge in [-0.1, -0.05) is 54.9 Å². The number of Topliss-reactive ketones (excluding diaryl/α,β-unsaturated/α-hetero) is 1. The predicted molar refractivity (Wildman–Crippen MR) is 93.1 cm³/mol. The molecule has 0 aliphatic heterocycles.